The fourth-order valence-electron chi connectivity index (χ4n) is 2.49. The first-order chi connectivity index (χ1) is 9.56. The fourth-order valence-corrected chi connectivity index (χ4v) is 2.49. The predicted molar refractivity (Wildman–Crippen MR) is 73.6 cm³/mol. The lowest BCUT2D eigenvalue weighted by Crippen LogP contribution is -2.61. The molecule has 0 bridgehead atoms. The zero-order valence-corrected chi connectivity index (χ0v) is 11.7. The first-order valence-corrected chi connectivity index (χ1v) is 6.78. The normalized spacial score (nSPS) is 23.1. The van der Waals surface area contributed by atoms with Gasteiger partial charge in [0.1, 0.15) is 18.8 Å². The smallest absolute Gasteiger partial charge is 0.248 e. The number of hydrogen-bond acceptors (Lipinski definition) is 2. The van der Waals surface area contributed by atoms with Crippen molar-refractivity contribution in [3.8, 4) is 0 Å². The Morgan fingerprint density at radius 2 is 1.90 bits per heavy atom. The highest BCUT2D eigenvalue weighted by Gasteiger charge is 2.42. The van der Waals surface area contributed by atoms with Gasteiger partial charge in [-0.15, -0.1) is 0 Å². The Morgan fingerprint density at radius 3 is 2.45 bits per heavy atom. The molecule has 1 aliphatic heterocycles. The molecule has 1 saturated heterocycles. The van der Waals surface area contributed by atoms with Crippen LogP contribution in [-0.2, 0) is 9.59 Å². The molecular formula is C15H19FN2O2. The highest BCUT2D eigenvalue weighted by molar-refractivity contribution is 5.97. The summed E-state index contributed by atoms with van der Waals surface area (Å²) in [5, 5.41) is 2.75. The monoisotopic (exact) mass is 278 g/mol. The summed E-state index contributed by atoms with van der Waals surface area (Å²) in [7, 11) is 0. The van der Waals surface area contributed by atoms with Crippen molar-refractivity contribution in [1.29, 1.82) is 0 Å². The molecule has 2 rings (SSSR count). The van der Waals surface area contributed by atoms with Gasteiger partial charge in [-0.3, -0.25) is 9.59 Å². The summed E-state index contributed by atoms with van der Waals surface area (Å²) < 4.78 is 12.8. The van der Waals surface area contributed by atoms with Crippen molar-refractivity contribution >= 4 is 11.8 Å². The molecule has 1 aromatic rings. The number of amides is 2. The van der Waals surface area contributed by atoms with Crippen molar-refractivity contribution in [3.05, 3.63) is 35.9 Å². The molecule has 20 heavy (non-hydrogen) atoms. The first kappa shape index (κ1) is 14.5. The maximum absolute atomic E-state index is 12.8. The first-order valence-electron chi connectivity index (χ1n) is 6.78. The number of nitrogens with zero attached hydrogens (tertiary/aromatic N) is 1. The van der Waals surface area contributed by atoms with E-state index >= 15 is 0 Å². The predicted octanol–water partition coefficient (Wildman–Crippen LogP) is 1.68. The second kappa shape index (κ2) is 6.03. The quantitative estimate of drug-likeness (QED) is 0.911. The number of rotatable bonds is 4. The molecule has 0 aromatic heterocycles. The molecular weight excluding hydrogens is 259 g/mol. The molecule has 1 fully saturated rings. The van der Waals surface area contributed by atoms with Gasteiger partial charge in [0.2, 0.25) is 11.8 Å². The van der Waals surface area contributed by atoms with E-state index in [0.29, 0.717) is 5.56 Å². The van der Waals surface area contributed by atoms with Crippen LogP contribution in [0.5, 0.6) is 0 Å². The van der Waals surface area contributed by atoms with Gasteiger partial charge in [-0.05, 0) is 11.5 Å². The van der Waals surface area contributed by atoms with E-state index in [-0.39, 0.29) is 24.3 Å². The van der Waals surface area contributed by atoms with E-state index in [1.807, 2.05) is 19.9 Å². The molecule has 4 nitrogen and oxygen atoms in total. The summed E-state index contributed by atoms with van der Waals surface area (Å²) in [5.74, 6) is -0.487. The van der Waals surface area contributed by atoms with Gasteiger partial charge in [-0.2, -0.15) is 0 Å². The van der Waals surface area contributed by atoms with Crippen LogP contribution in [0.1, 0.15) is 25.5 Å². The lowest BCUT2D eigenvalue weighted by atomic mass is 9.94. The minimum Gasteiger partial charge on any atom is -0.342 e. The number of carbonyl (C=O) groups excluding carboxylic acids is 2. The van der Waals surface area contributed by atoms with Crippen molar-refractivity contribution in [2.75, 3.05) is 13.2 Å². The number of carbonyl (C=O) groups is 2. The van der Waals surface area contributed by atoms with Gasteiger partial charge < -0.3 is 10.2 Å². The van der Waals surface area contributed by atoms with Gasteiger partial charge in [0.05, 0.1) is 6.54 Å². The molecule has 1 aliphatic rings. The Morgan fingerprint density at radius 1 is 1.25 bits per heavy atom. The molecule has 0 radical (unpaired) electrons. The largest absolute Gasteiger partial charge is 0.342 e. The molecule has 2 unspecified atom stereocenters. The van der Waals surface area contributed by atoms with Crippen LogP contribution < -0.4 is 5.32 Å². The van der Waals surface area contributed by atoms with Crippen molar-refractivity contribution in [3.63, 3.8) is 0 Å². The van der Waals surface area contributed by atoms with E-state index in [0.717, 1.165) is 0 Å². The highest BCUT2D eigenvalue weighted by Crippen LogP contribution is 2.27. The Bertz CT molecular complexity index is 490. The average molecular weight is 278 g/mol. The molecule has 2 amide bonds. The maximum atomic E-state index is 12.8. The highest BCUT2D eigenvalue weighted by atomic mass is 19.1. The second-order valence-electron chi connectivity index (χ2n) is 5.26. The average Bonchev–Trinajstić information content (AvgIpc) is 2.43. The van der Waals surface area contributed by atoms with Gasteiger partial charge in [0.25, 0.3) is 0 Å². The summed E-state index contributed by atoms with van der Waals surface area (Å²) in [6.07, 6.45) is 0. The number of halogens is 1. The maximum Gasteiger partial charge on any atom is 0.248 e. The van der Waals surface area contributed by atoms with Crippen LogP contribution in [0.4, 0.5) is 4.39 Å². The van der Waals surface area contributed by atoms with E-state index in [1.165, 1.54) is 4.90 Å². The molecule has 1 heterocycles. The number of alkyl halides is 1. The number of benzene rings is 1. The molecule has 108 valence electrons. The van der Waals surface area contributed by atoms with E-state index in [1.54, 1.807) is 24.3 Å². The summed E-state index contributed by atoms with van der Waals surface area (Å²) in [6, 6.07) is 7.67. The van der Waals surface area contributed by atoms with Gasteiger partial charge in [-0.25, -0.2) is 4.39 Å². The number of hydrogen-bond donors (Lipinski definition) is 1. The summed E-state index contributed by atoms with van der Waals surface area (Å²) >= 11 is 0. The third-order valence-electron chi connectivity index (χ3n) is 3.51. The molecule has 0 spiro atoms. The molecule has 5 heteroatoms. The Labute approximate surface area is 118 Å². The van der Waals surface area contributed by atoms with Crippen LogP contribution in [0.15, 0.2) is 30.3 Å². The van der Waals surface area contributed by atoms with Gasteiger partial charge in [-0.1, -0.05) is 44.2 Å². The van der Waals surface area contributed by atoms with E-state index < -0.39 is 18.8 Å². The molecule has 0 aliphatic carbocycles. The van der Waals surface area contributed by atoms with Gasteiger partial charge in [0, 0.05) is 0 Å². The van der Waals surface area contributed by atoms with Gasteiger partial charge >= 0.3 is 0 Å². The molecule has 0 saturated carbocycles. The van der Waals surface area contributed by atoms with Crippen LogP contribution in [0.2, 0.25) is 0 Å². The Hall–Kier alpha value is -1.91. The van der Waals surface area contributed by atoms with Crippen LogP contribution in [-0.4, -0.2) is 36.0 Å². The minimum atomic E-state index is -0.741. The molecule has 1 aromatic carbocycles. The lowest BCUT2D eigenvalue weighted by molar-refractivity contribution is -0.151. The Balaban J connectivity index is 2.35. The van der Waals surface area contributed by atoms with Crippen molar-refractivity contribution in [2.45, 2.75) is 25.9 Å². The topological polar surface area (TPSA) is 49.4 Å². The summed E-state index contributed by atoms with van der Waals surface area (Å²) in [6.45, 7) is 3.00. The second-order valence-corrected chi connectivity index (χ2v) is 5.26. The van der Waals surface area contributed by atoms with Crippen LogP contribution in [0.25, 0.3) is 0 Å². The van der Waals surface area contributed by atoms with Crippen LogP contribution in [0, 0.1) is 5.92 Å². The van der Waals surface area contributed by atoms with Crippen molar-refractivity contribution < 1.29 is 14.0 Å². The van der Waals surface area contributed by atoms with E-state index in [2.05, 4.69) is 5.32 Å². The SMILES string of the molecule is CC(C)C1NC(=O)C(c2ccccc2)N(CCF)C1=O. The molecule has 1 N–H and O–H groups in total. The molecule has 2 atom stereocenters. The number of piperazine rings is 1. The summed E-state index contributed by atoms with van der Waals surface area (Å²) in [4.78, 5) is 26.1. The third kappa shape index (κ3) is 2.66. The van der Waals surface area contributed by atoms with Crippen molar-refractivity contribution in [1.82, 2.24) is 10.2 Å². The van der Waals surface area contributed by atoms with Crippen LogP contribution in [0.3, 0.4) is 0 Å². The van der Waals surface area contributed by atoms with Crippen LogP contribution >= 0.6 is 0 Å². The minimum absolute atomic E-state index is 0.0229. The van der Waals surface area contributed by atoms with E-state index in [4.69, 9.17) is 0 Å². The van der Waals surface area contributed by atoms with Crippen molar-refractivity contribution in [2.24, 2.45) is 5.92 Å². The lowest BCUT2D eigenvalue weighted by Gasteiger charge is -2.40. The Kier molecular flexibility index (Phi) is 4.37. The fraction of sp³-hybridized carbons (Fsp3) is 0.467. The van der Waals surface area contributed by atoms with Gasteiger partial charge in [0.15, 0.2) is 0 Å². The third-order valence-corrected chi connectivity index (χ3v) is 3.51. The van der Waals surface area contributed by atoms with E-state index in [9.17, 15) is 14.0 Å². The number of nitrogens with one attached hydrogen (secondary N) is 1. The standard InChI is InChI=1S/C15H19FN2O2/c1-10(2)12-15(20)18(9-8-16)13(14(19)17-12)11-6-4-3-5-7-11/h3-7,10,12-13H,8-9H2,1-2H3,(H,17,19). The zero-order valence-electron chi connectivity index (χ0n) is 11.7. The zero-order chi connectivity index (χ0) is 14.7. The summed E-state index contributed by atoms with van der Waals surface area (Å²) in [5.41, 5.74) is 0.703.